The van der Waals surface area contributed by atoms with Crippen molar-refractivity contribution in [2.75, 3.05) is 13.1 Å². The molecule has 4 rings (SSSR count). The first-order valence-corrected chi connectivity index (χ1v) is 8.55. The zero-order chi connectivity index (χ0) is 18.3. The lowest BCUT2D eigenvalue weighted by molar-refractivity contribution is 0.0214. The molecule has 0 spiro atoms. The molecule has 7 heteroatoms. The van der Waals surface area contributed by atoms with E-state index in [4.69, 9.17) is 5.73 Å². The number of fused-ring (bicyclic) bond motifs is 1. The molecule has 0 bridgehead atoms. The molecule has 2 heterocycles. The van der Waals surface area contributed by atoms with Crippen LogP contribution >= 0.6 is 0 Å². The van der Waals surface area contributed by atoms with Gasteiger partial charge in [-0.05, 0) is 30.7 Å². The van der Waals surface area contributed by atoms with Gasteiger partial charge in [-0.3, -0.25) is 0 Å². The number of nitrogens with zero attached hydrogens (tertiary/aromatic N) is 2. The number of nitrogens with two attached hydrogens (primary N) is 1. The lowest BCUT2D eigenvalue weighted by Crippen LogP contribution is -2.48. The van der Waals surface area contributed by atoms with Crippen LogP contribution in [0.4, 0.5) is 8.78 Å². The van der Waals surface area contributed by atoms with E-state index in [0.29, 0.717) is 28.9 Å². The van der Waals surface area contributed by atoms with Crippen molar-refractivity contribution in [1.29, 1.82) is 0 Å². The van der Waals surface area contributed by atoms with Crippen molar-refractivity contribution < 1.29 is 13.9 Å². The maximum Gasteiger partial charge on any atom is 0.179 e. The van der Waals surface area contributed by atoms with Crippen LogP contribution in [0.1, 0.15) is 23.8 Å². The second-order valence-electron chi connectivity index (χ2n) is 6.65. The Balaban J connectivity index is 1.69. The molecule has 136 valence electrons. The average Bonchev–Trinajstić information content (AvgIpc) is 3.08. The molecule has 0 saturated carbocycles. The molecule has 0 radical (unpaired) electrons. The van der Waals surface area contributed by atoms with Gasteiger partial charge in [-0.15, -0.1) is 0 Å². The first-order chi connectivity index (χ1) is 12.5. The summed E-state index contributed by atoms with van der Waals surface area (Å²) in [6.45, 7) is 0.455. The number of rotatable bonds is 3. The summed E-state index contributed by atoms with van der Waals surface area (Å²) in [4.78, 5) is 0. The Morgan fingerprint density at radius 3 is 2.73 bits per heavy atom. The van der Waals surface area contributed by atoms with Gasteiger partial charge in [0.1, 0.15) is 12.4 Å². The number of aromatic nitrogens is 2. The van der Waals surface area contributed by atoms with E-state index in [1.54, 1.807) is 41.1 Å². The average molecular weight is 358 g/mol. The zero-order valence-electron chi connectivity index (χ0n) is 14.1. The van der Waals surface area contributed by atoms with Gasteiger partial charge >= 0.3 is 0 Å². The topological polar surface area (TPSA) is 76.1 Å². The molecule has 1 fully saturated rings. The Morgan fingerprint density at radius 1 is 1.27 bits per heavy atom. The van der Waals surface area contributed by atoms with Crippen LogP contribution in [-0.2, 0) is 5.67 Å². The highest BCUT2D eigenvalue weighted by Crippen LogP contribution is 2.35. The van der Waals surface area contributed by atoms with E-state index in [2.05, 4.69) is 10.4 Å². The number of aliphatic hydroxyl groups is 1. The smallest absolute Gasteiger partial charge is 0.179 e. The Hall–Kier alpha value is -2.35. The summed E-state index contributed by atoms with van der Waals surface area (Å²) in [5.74, 6) is 0. The summed E-state index contributed by atoms with van der Waals surface area (Å²) in [7, 11) is 0. The number of nitrogens with one attached hydrogen (secondary N) is 1. The first kappa shape index (κ1) is 17.1. The summed E-state index contributed by atoms with van der Waals surface area (Å²) in [6, 6.07) is 12.0. The van der Waals surface area contributed by atoms with E-state index >= 15 is 4.39 Å². The van der Waals surface area contributed by atoms with E-state index < -0.39 is 18.1 Å². The number of hydrogen-bond acceptors (Lipinski definition) is 4. The number of hydrogen-bond donors (Lipinski definition) is 3. The summed E-state index contributed by atoms with van der Waals surface area (Å²) < 4.78 is 30.8. The van der Waals surface area contributed by atoms with Crippen LogP contribution in [0.5, 0.6) is 0 Å². The monoisotopic (exact) mass is 358 g/mol. The number of piperidine rings is 1. The Labute approximate surface area is 149 Å². The molecule has 26 heavy (non-hydrogen) atoms. The Bertz CT molecular complexity index is 925. The largest absolute Gasteiger partial charge is 0.374 e. The van der Waals surface area contributed by atoms with Gasteiger partial charge in [0.25, 0.3) is 0 Å². The molecule has 3 aromatic rings. The quantitative estimate of drug-likeness (QED) is 0.629. The molecule has 1 aromatic heterocycles. The minimum absolute atomic E-state index is 0.0308. The summed E-state index contributed by atoms with van der Waals surface area (Å²) in [6.07, 6.45) is -0.666. The van der Waals surface area contributed by atoms with Gasteiger partial charge in [0.2, 0.25) is 0 Å². The summed E-state index contributed by atoms with van der Waals surface area (Å²) in [5.41, 5.74) is 5.74. The van der Waals surface area contributed by atoms with Gasteiger partial charge in [0, 0.05) is 23.7 Å². The molecule has 1 saturated heterocycles. The van der Waals surface area contributed by atoms with Crippen molar-refractivity contribution in [3.05, 3.63) is 59.8 Å². The van der Waals surface area contributed by atoms with Crippen LogP contribution in [0, 0.1) is 0 Å². The van der Waals surface area contributed by atoms with E-state index in [9.17, 15) is 9.50 Å². The van der Waals surface area contributed by atoms with Crippen LogP contribution in [0.3, 0.4) is 0 Å². The molecular formula is C19H20F2N4O. The lowest BCUT2D eigenvalue weighted by atomic mass is 9.86. The number of aliphatic hydroxyl groups excluding tert-OH is 1. The van der Waals surface area contributed by atoms with Gasteiger partial charge in [-0.2, -0.15) is 5.10 Å². The predicted molar refractivity (Wildman–Crippen MR) is 95.4 cm³/mol. The highest BCUT2D eigenvalue weighted by atomic mass is 19.2. The highest BCUT2D eigenvalue weighted by Gasteiger charge is 2.43. The van der Waals surface area contributed by atoms with Crippen molar-refractivity contribution in [3.63, 3.8) is 0 Å². The zero-order valence-corrected chi connectivity index (χ0v) is 14.1. The minimum atomic E-state index is -2.01. The van der Waals surface area contributed by atoms with Gasteiger partial charge in [0.05, 0.1) is 11.2 Å². The Kier molecular flexibility index (Phi) is 4.22. The maximum atomic E-state index is 15.0. The first-order valence-electron chi connectivity index (χ1n) is 8.55. The SMILES string of the molecule is NC(O)c1cccc2cn(-c3ccc(C4(F)CNCCC4F)cc3)nc12. The fourth-order valence-electron chi connectivity index (χ4n) is 3.45. The standard InChI is InChI=1S/C19H20F2N4O/c20-16-8-9-23-11-19(16,21)13-4-6-14(7-5-13)25-10-12-2-1-3-15(18(22)26)17(12)24-25/h1-7,10,16,18,23,26H,8-9,11,22H2. The highest BCUT2D eigenvalue weighted by molar-refractivity contribution is 5.82. The molecule has 0 aliphatic carbocycles. The fourth-order valence-corrected chi connectivity index (χ4v) is 3.45. The van der Waals surface area contributed by atoms with Crippen molar-refractivity contribution in [2.24, 2.45) is 5.73 Å². The van der Waals surface area contributed by atoms with E-state index in [0.717, 1.165) is 5.39 Å². The molecule has 0 amide bonds. The molecule has 1 aliphatic heterocycles. The summed E-state index contributed by atoms with van der Waals surface area (Å²) >= 11 is 0. The third-order valence-electron chi connectivity index (χ3n) is 4.95. The van der Waals surface area contributed by atoms with Crippen molar-refractivity contribution >= 4 is 10.9 Å². The van der Waals surface area contributed by atoms with Gasteiger partial charge < -0.3 is 16.2 Å². The van der Waals surface area contributed by atoms with Crippen molar-refractivity contribution in [2.45, 2.75) is 24.5 Å². The minimum Gasteiger partial charge on any atom is -0.374 e. The number of halogens is 2. The molecule has 5 nitrogen and oxygen atoms in total. The molecule has 2 aromatic carbocycles. The Morgan fingerprint density at radius 2 is 2.04 bits per heavy atom. The maximum absolute atomic E-state index is 15.0. The van der Waals surface area contributed by atoms with Gasteiger partial charge in [-0.25, -0.2) is 13.5 Å². The van der Waals surface area contributed by atoms with Crippen molar-refractivity contribution in [3.8, 4) is 5.69 Å². The third-order valence-corrected chi connectivity index (χ3v) is 4.95. The molecular weight excluding hydrogens is 338 g/mol. The van der Waals surface area contributed by atoms with E-state index in [-0.39, 0.29) is 13.0 Å². The van der Waals surface area contributed by atoms with Gasteiger partial charge in [-0.1, -0.05) is 30.3 Å². The molecule has 3 unspecified atom stereocenters. The fraction of sp³-hybridized carbons (Fsp3) is 0.316. The molecule has 1 aliphatic rings. The van der Waals surface area contributed by atoms with Crippen LogP contribution in [0.25, 0.3) is 16.6 Å². The van der Waals surface area contributed by atoms with Crippen LogP contribution < -0.4 is 11.1 Å². The third kappa shape index (κ3) is 2.78. The number of alkyl halides is 2. The molecule has 3 atom stereocenters. The predicted octanol–water partition coefficient (Wildman–Crippen LogP) is 2.47. The van der Waals surface area contributed by atoms with Crippen LogP contribution in [0.15, 0.2) is 48.7 Å². The van der Waals surface area contributed by atoms with E-state index in [1.807, 2.05) is 12.3 Å². The second-order valence-corrected chi connectivity index (χ2v) is 6.65. The number of benzene rings is 2. The van der Waals surface area contributed by atoms with Gasteiger partial charge in [0.15, 0.2) is 5.67 Å². The molecule has 4 N–H and O–H groups in total. The second kappa shape index (κ2) is 6.42. The summed E-state index contributed by atoms with van der Waals surface area (Å²) in [5, 5.41) is 17.9. The van der Waals surface area contributed by atoms with E-state index in [1.165, 1.54) is 0 Å². The van der Waals surface area contributed by atoms with Crippen LogP contribution in [0.2, 0.25) is 0 Å². The van der Waals surface area contributed by atoms with Crippen molar-refractivity contribution in [1.82, 2.24) is 15.1 Å². The normalized spacial score (nSPS) is 24.7. The lowest BCUT2D eigenvalue weighted by Gasteiger charge is -2.33. The van der Waals surface area contributed by atoms with Crippen LogP contribution in [-0.4, -0.2) is 34.1 Å².